The number of nitrogens with one attached hydrogen (secondary N) is 1. The molecule has 128 valence electrons. The molecule has 0 aliphatic heterocycles. The largest absolute Gasteiger partial charge is 0.446 e. The average molecular weight is 376 g/mol. The number of carbonyl (C=O) groups is 1. The lowest BCUT2D eigenvalue weighted by Crippen LogP contribution is -2.41. The molecule has 7 heteroatoms. The lowest BCUT2D eigenvalue weighted by molar-refractivity contribution is 0.0894. The molecule has 1 amide bonds. The summed E-state index contributed by atoms with van der Waals surface area (Å²) in [5.74, 6) is 0.0491. The number of oxazole rings is 1. The van der Waals surface area contributed by atoms with E-state index in [9.17, 15) is 4.79 Å². The van der Waals surface area contributed by atoms with Gasteiger partial charge in [0.1, 0.15) is 17.5 Å². The molecule has 0 radical (unpaired) electrons. The predicted molar refractivity (Wildman–Crippen MR) is 96.7 cm³/mol. The van der Waals surface area contributed by atoms with E-state index in [2.05, 4.69) is 15.3 Å². The molecule has 0 fully saturated rings. The number of halogens is 2. The Kier molecular flexibility index (Phi) is 4.79. The van der Waals surface area contributed by atoms with Gasteiger partial charge in [0.15, 0.2) is 0 Å². The fraction of sp³-hybridized carbons (Fsp3) is 0.167. The SMILES string of the molecule is CC(C)(NC(=O)c1ccc(Cl)c(-c2cccc(Cl)c2)n1)c1ncco1. The van der Waals surface area contributed by atoms with Gasteiger partial charge in [0, 0.05) is 10.6 Å². The fourth-order valence-electron chi connectivity index (χ4n) is 2.34. The topological polar surface area (TPSA) is 68.0 Å². The summed E-state index contributed by atoms with van der Waals surface area (Å²) in [6, 6.07) is 10.3. The number of amides is 1. The van der Waals surface area contributed by atoms with Gasteiger partial charge in [0.05, 0.1) is 16.9 Å². The highest BCUT2D eigenvalue weighted by Gasteiger charge is 2.28. The zero-order chi connectivity index (χ0) is 18.0. The minimum absolute atomic E-state index is 0.235. The van der Waals surface area contributed by atoms with Crippen molar-refractivity contribution in [1.82, 2.24) is 15.3 Å². The van der Waals surface area contributed by atoms with Gasteiger partial charge < -0.3 is 9.73 Å². The van der Waals surface area contributed by atoms with Crippen LogP contribution in [-0.2, 0) is 5.54 Å². The van der Waals surface area contributed by atoms with E-state index >= 15 is 0 Å². The molecule has 25 heavy (non-hydrogen) atoms. The van der Waals surface area contributed by atoms with E-state index in [1.807, 2.05) is 6.07 Å². The van der Waals surface area contributed by atoms with Crippen molar-refractivity contribution >= 4 is 29.1 Å². The first-order chi connectivity index (χ1) is 11.9. The fourth-order valence-corrected chi connectivity index (χ4v) is 2.74. The van der Waals surface area contributed by atoms with E-state index in [1.54, 1.807) is 44.2 Å². The summed E-state index contributed by atoms with van der Waals surface area (Å²) >= 11 is 12.3. The van der Waals surface area contributed by atoms with Crippen LogP contribution in [0, 0.1) is 0 Å². The van der Waals surface area contributed by atoms with Gasteiger partial charge in [0.25, 0.3) is 5.91 Å². The summed E-state index contributed by atoms with van der Waals surface area (Å²) in [5, 5.41) is 3.86. The number of nitrogens with zero attached hydrogens (tertiary/aromatic N) is 2. The van der Waals surface area contributed by atoms with E-state index in [1.165, 1.54) is 12.5 Å². The minimum atomic E-state index is -0.780. The number of carbonyl (C=O) groups excluding carboxylic acids is 1. The van der Waals surface area contributed by atoms with Gasteiger partial charge in [-0.15, -0.1) is 0 Å². The average Bonchev–Trinajstić information content (AvgIpc) is 3.10. The molecule has 0 saturated carbocycles. The maximum atomic E-state index is 12.6. The molecule has 3 rings (SSSR count). The lowest BCUT2D eigenvalue weighted by Gasteiger charge is -2.22. The molecule has 0 atom stereocenters. The van der Waals surface area contributed by atoms with Crippen molar-refractivity contribution in [3.05, 3.63) is 70.5 Å². The Morgan fingerprint density at radius 3 is 2.68 bits per heavy atom. The molecule has 0 unspecified atom stereocenters. The summed E-state index contributed by atoms with van der Waals surface area (Å²) in [6.07, 6.45) is 2.99. The van der Waals surface area contributed by atoms with Crippen LogP contribution in [0.2, 0.25) is 10.0 Å². The van der Waals surface area contributed by atoms with E-state index in [-0.39, 0.29) is 11.6 Å². The predicted octanol–water partition coefficient (Wildman–Crippen LogP) is 4.71. The summed E-state index contributed by atoms with van der Waals surface area (Å²) in [6.45, 7) is 3.59. The van der Waals surface area contributed by atoms with Gasteiger partial charge in [-0.05, 0) is 38.1 Å². The smallest absolute Gasteiger partial charge is 0.270 e. The first kappa shape index (κ1) is 17.5. The molecule has 0 bridgehead atoms. The van der Waals surface area contributed by atoms with Crippen LogP contribution in [-0.4, -0.2) is 15.9 Å². The number of hydrogen-bond donors (Lipinski definition) is 1. The molecule has 1 N–H and O–H groups in total. The Hall–Kier alpha value is -2.37. The van der Waals surface area contributed by atoms with E-state index < -0.39 is 5.54 Å². The molecule has 0 spiro atoms. The number of pyridine rings is 1. The highest BCUT2D eigenvalue weighted by Crippen LogP contribution is 2.28. The van der Waals surface area contributed by atoms with Gasteiger partial charge in [-0.3, -0.25) is 4.79 Å². The van der Waals surface area contributed by atoms with Crippen molar-refractivity contribution in [3.8, 4) is 11.3 Å². The summed E-state index contributed by atoms with van der Waals surface area (Å²) < 4.78 is 5.28. The quantitative estimate of drug-likeness (QED) is 0.716. The van der Waals surface area contributed by atoms with Crippen LogP contribution in [0.15, 0.2) is 53.3 Å². The second kappa shape index (κ2) is 6.86. The first-order valence-electron chi connectivity index (χ1n) is 7.52. The van der Waals surface area contributed by atoms with E-state index in [4.69, 9.17) is 27.6 Å². The summed E-state index contributed by atoms with van der Waals surface area (Å²) in [5.41, 5.74) is 0.682. The molecule has 0 aliphatic rings. The van der Waals surface area contributed by atoms with Crippen molar-refractivity contribution in [2.45, 2.75) is 19.4 Å². The third-order valence-corrected chi connectivity index (χ3v) is 4.11. The van der Waals surface area contributed by atoms with Gasteiger partial charge in [-0.1, -0.05) is 35.3 Å². The summed E-state index contributed by atoms with van der Waals surface area (Å²) in [4.78, 5) is 21.1. The highest BCUT2D eigenvalue weighted by molar-refractivity contribution is 6.33. The molecule has 5 nitrogen and oxygen atoms in total. The lowest BCUT2D eigenvalue weighted by atomic mass is 10.1. The second-order valence-corrected chi connectivity index (χ2v) is 6.80. The molecular formula is C18H15Cl2N3O2. The van der Waals surface area contributed by atoms with Crippen molar-refractivity contribution in [3.63, 3.8) is 0 Å². The number of hydrogen-bond acceptors (Lipinski definition) is 4. The van der Waals surface area contributed by atoms with Crippen LogP contribution < -0.4 is 5.32 Å². The maximum absolute atomic E-state index is 12.6. The second-order valence-electron chi connectivity index (χ2n) is 5.95. The number of rotatable bonds is 4. The van der Waals surface area contributed by atoms with E-state index in [0.29, 0.717) is 21.6 Å². The Morgan fingerprint density at radius 1 is 1.20 bits per heavy atom. The van der Waals surface area contributed by atoms with Gasteiger partial charge in [-0.2, -0.15) is 0 Å². The molecule has 2 aromatic heterocycles. The van der Waals surface area contributed by atoms with Crippen molar-refractivity contribution in [1.29, 1.82) is 0 Å². The van der Waals surface area contributed by atoms with Gasteiger partial charge >= 0.3 is 0 Å². The van der Waals surface area contributed by atoms with Gasteiger partial charge in [0.2, 0.25) is 5.89 Å². The maximum Gasteiger partial charge on any atom is 0.270 e. The monoisotopic (exact) mass is 375 g/mol. The number of benzene rings is 1. The third-order valence-electron chi connectivity index (χ3n) is 3.57. The van der Waals surface area contributed by atoms with Crippen LogP contribution in [0.5, 0.6) is 0 Å². The summed E-state index contributed by atoms with van der Waals surface area (Å²) in [7, 11) is 0. The zero-order valence-electron chi connectivity index (χ0n) is 13.6. The highest BCUT2D eigenvalue weighted by atomic mass is 35.5. The molecule has 1 aromatic carbocycles. The minimum Gasteiger partial charge on any atom is -0.446 e. The normalized spacial score (nSPS) is 11.4. The van der Waals surface area contributed by atoms with E-state index in [0.717, 1.165) is 5.56 Å². The standard InChI is InChI=1S/C18H15Cl2N3O2/c1-18(2,17-21-8-9-25-17)23-16(24)14-7-6-13(20)15(22-14)11-4-3-5-12(19)10-11/h3-10H,1-2H3,(H,23,24). The Balaban J connectivity index is 1.90. The van der Waals surface area contributed by atoms with Crippen LogP contribution >= 0.6 is 23.2 Å². The van der Waals surface area contributed by atoms with Crippen LogP contribution in [0.25, 0.3) is 11.3 Å². The molecule has 0 aliphatic carbocycles. The van der Waals surface area contributed by atoms with Gasteiger partial charge in [-0.25, -0.2) is 9.97 Å². The molecule has 3 aromatic rings. The molecule has 0 saturated heterocycles. The van der Waals surface area contributed by atoms with Crippen molar-refractivity contribution in [2.75, 3.05) is 0 Å². The Morgan fingerprint density at radius 2 is 2.00 bits per heavy atom. The first-order valence-corrected chi connectivity index (χ1v) is 8.27. The molecule has 2 heterocycles. The van der Waals surface area contributed by atoms with Crippen LogP contribution in [0.1, 0.15) is 30.2 Å². The van der Waals surface area contributed by atoms with Crippen LogP contribution in [0.4, 0.5) is 0 Å². The number of aromatic nitrogens is 2. The third kappa shape index (κ3) is 3.83. The van der Waals surface area contributed by atoms with Crippen molar-refractivity contribution in [2.24, 2.45) is 0 Å². The zero-order valence-corrected chi connectivity index (χ0v) is 15.1. The Labute approximate surface area is 155 Å². The van der Waals surface area contributed by atoms with Crippen LogP contribution in [0.3, 0.4) is 0 Å². The Bertz CT molecular complexity index is 908. The van der Waals surface area contributed by atoms with Crippen molar-refractivity contribution < 1.29 is 9.21 Å². The molecular weight excluding hydrogens is 361 g/mol.